The van der Waals surface area contributed by atoms with E-state index < -0.39 is 0 Å². The number of urea groups is 1. The molecule has 0 saturated heterocycles. The van der Waals surface area contributed by atoms with Gasteiger partial charge in [-0.05, 0) is 53.0 Å². The summed E-state index contributed by atoms with van der Waals surface area (Å²) in [5.41, 5.74) is 2.87. The Kier molecular flexibility index (Phi) is 8.15. The van der Waals surface area contributed by atoms with E-state index in [1.165, 1.54) is 0 Å². The summed E-state index contributed by atoms with van der Waals surface area (Å²) >= 11 is 21.7. The molecule has 2 amide bonds. The Balaban J connectivity index is 1.31. The van der Waals surface area contributed by atoms with Crippen molar-refractivity contribution in [1.82, 2.24) is 19.9 Å². The molecule has 0 radical (unpaired) electrons. The second-order valence-corrected chi connectivity index (χ2v) is 9.45. The number of amides is 2. The molecule has 11 heteroatoms. The van der Waals surface area contributed by atoms with E-state index in [4.69, 9.17) is 39.8 Å². The van der Waals surface area contributed by atoms with Crippen LogP contribution >= 0.6 is 50.7 Å². The number of halogens is 4. The number of fused-ring (bicyclic) bond motifs is 1. The third-order valence-electron chi connectivity index (χ3n) is 4.95. The predicted octanol–water partition coefficient (Wildman–Crippen LogP) is 7.13. The van der Waals surface area contributed by atoms with Gasteiger partial charge in [0.05, 0.1) is 26.4 Å². The highest BCUT2D eigenvalue weighted by atomic mass is 79.9. The highest BCUT2D eigenvalue weighted by Gasteiger charge is 2.13. The van der Waals surface area contributed by atoms with Crippen molar-refractivity contribution in [3.8, 4) is 11.3 Å². The maximum absolute atomic E-state index is 12.1. The molecular weight excluding hydrogens is 563 g/mol. The van der Waals surface area contributed by atoms with Crippen LogP contribution in [0.2, 0.25) is 15.1 Å². The normalized spacial score (nSPS) is 10.9. The van der Waals surface area contributed by atoms with Gasteiger partial charge in [-0.1, -0.05) is 53.0 Å². The topological polar surface area (TPSA) is 83.3 Å². The van der Waals surface area contributed by atoms with Crippen LogP contribution in [0.3, 0.4) is 0 Å². The summed E-state index contributed by atoms with van der Waals surface area (Å²) in [6.07, 6.45) is 3.33. The summed E-state index contributed by atoms with van der Waals surface area (Å²) in [7, 11) is 0. The Hall–Kier alpha value is -2.52. The monoisotopic (exact) mass is 580 g/mol. The van der Waals surface area contributed by atoms with Crippen LogP contribution in [-0.2, 0) is 0 Å². The Morgan fingerprint density at radius 3 is 2.56 bits per heavy atom. The fourth-order valence-electron chi connectivity index (χ4n) is 3.29. The summed E-state index contributed by atoms with van der Waals surface area (Å²) < 4.78 is 2.54. The maximum atomic E-state index is 12.1. The molecule has 0 aliphatic rings. The van der Waals surface area contributed by atoms with Gasteiger partial charge in [-0.3, -0.25) is 0 Å². The SMILES string of the molecule is O=C(NCCCCNc1cc(-c2ccccc2Cl)nc2c(Br)cnn12)Nc1ccc(Cl)c(Cl)c1. The highest BCUT2D eigenvalue weighted by molar-refractivity contribution is 9.10. The van der Waals surface area contributed by atoms with Crippen LogP contribution in [0.15, 0.2) is 59.2 Å². The first kappa shape index (κ1) is 24.6. The molecule has 0 fully saturated rings. The van der Waals surface area contributed by atoms with E-state index in [2.05, 4.69) is 37.0 Å². The summed E-state index contributed by atoms with van der Waals surface area (Å²) in [6.45, 7) is 1.22. The summed E-state index contributed by atoms with van der Waals surface area (Å²) in [5.74, 6) is 0.802. The molecule has 34 heavy (non-hydrogen) atoms. The molecule has 2 aromatic heterocycles. The number of aromatic nitrogens is 3. The van der Waals surface area contributed by atoms with Crippen LogP contribution in [0.5, 0.6) is 0 Å². The van der Waals surface area contributed by atoms with E-state index in [0.29, 0.717) is 39.5 Å². The highest BCUT2D eigenvalue weighted by Crippen LogP contribution is 2.30. The van der Waals surface area contributed by atoms with Crippen molar-refractivity contribution in [2.45, 2.75) is 12.8 Å². The number of rotatable bonds is 8. The van der Waals surface area contributed by atoms with E-state index in [1.54, 1.807) is 28.9 Å². The maximum Gasteiger partial charge on any atom is 0.319 e. The van der Waals surface area contributed by atoms with E-state index >= 15 is 0 Å². The fraction of sp³-hybridized carbons (Fsp3) is 0.174. The van der Waals surface area contributed by atoms with E-state index in [1.807, 2.05) is 30.3 Å². The Morgan fingerprint density at radius 1 is 0.971 bits per heavy atom. The summed E-state index contributed by atoms with van der Waals surface area (Å²) in [5, 5.41) is 14.8. The van der Waals surface area contributed by atoms with Gasteiger partial charge in [-0.25, -0.2) is 9.78 Å². The van der Waals surface area contributed by atoms with Crippen molar-refractivity contribution in [2.24, 2.45) is 0 Å². The third kappa shape index (κ3) is 5.93. The minimum Gasteiger partial charge on any atom is -0.370 e. The Labute approximate surface area is 219 Å². The molecule has 3 N–H and O–H groups in total. The number of unbranched alkanes of at least 4 members (excludes halogenated alkanes) is 1. The molecule has 176 valence electrons. The van der Waals surface area contributed by atoms with Gasteiger partial charge >= 0.3 is 6.03 Å². The Bertz CT molecular complexity index is 1330. The number of carbonyl (C=O) groups excluding carboxylic acids is 1. The lowest BCUT2D eigenvalue weighted by molar-refractivity contribution is 0.252. The van der Waals surface area contributed by atoms with Crippen molar-refractivity contribution in [1.29, 1.82) is 0 Å². The molecule has 4 rings (SSSR count). The van der Waals surface area contributed by atoms with E-state index in [9.17, 15) is 4.79 Å². The fourth-order valence-corrected chi connectivity index (χ4v) is 4.17. The average Bonchev–Trinajstić information content (AvgIpc) is 3.19. The molecule has 0 spiro atoms. The predicted molar refractivity (Wildman–Crippen MR) is 142 cm³/mol. The first-order valence-corrected chi connectivity index (χ1v) is 12.4. The lowest BCUT2D eigenvalue weighted by atomic mass is 10.1. The van der Waals surface area contributed by atoms with Gasteiger partial charge in [0.2, 0.25) is 0 Å². The molecule has 0 aliphatic carbocycles. The molecule has 2 aromatic carbocycles. The number of hydrogen-bond acceptors (Lipinski definition) is 4. The van der Waals surface area contributed by atoms with Crippen LogP contribution in [-0.4, -0.2) is 33.7 Å². The minimum atomic E-state index is -0.298. The van der Waals surface area contributed by atoms with Crippen LogP contribution in [0, 0.1) is 0 Å². The molecule has 4 aromatic rings. The van der Waals surface area contributed by atoms with Crippen LogP contribution in [0.4, 0.5) is 16.3 Å². The summed E-state index contributed by atoms with van der Waals surface area (Å²) in [6, 6.07) is 14.1. The van der Waals surface area contributed by atoms with Gasteiger partial charge in [-0.2, -0.15) is 9.61 Å². The van der Waals surface area contributed by atoms with Crippen molar-refractivity contribution in [2.75, 3.05) is 23.7 Å². The van der Waals surface area contributed by atoms with Gasteiger partial charge in [-0.15, -0.1) is 0 Å². The number of nitrogens with one attached hydrogen (secondary N) is 3. The number of nitrogens with zero attached hydrogens (tertiary/aromatic N) is 3. The van der Waals surface area contributed by atoms with Crippen molar-refractivity contribution < 1.29 is 4.79 Å². The van der Waals surface area contributed by atoms with Crippen molar-refractivity contribution in [3.63, 3.8) is 0 Å². The zero-order valence-electron chi connectivity index (χ0n) is 17.8. The molecule has 0 aliphatic heterocycles. The zero-order valence-corrected chi connectivity index (χ0v) is 21.6. The molecule has 7 nitrogen and oxygen atoms in total. The minimum absolute atomic E-state index is 0.298. The zero-order chi connectivity index (χ0) is 24.1. The summed E-state index contributed by atoms with van der Waals surface area (Å²) in [4.78, 5) is 16.8. The smallest absolute Gasteiger partial charge is 0.319 e. The molecule has 0 atom stereocenters. The first-order chi connectivity index (χ1) is 16.4. The molecule has 2 heterocycles. The van der Waals surface area contributed by atoms with Gasteiger partial charge in [0.25, 0.3) is 0 Å². The molecule has 0 unspecified atom stereocenters. The molecular formula is C23H20BrCl3N6O. The lowest BCUT2D eigenvalue weighted by Crippen LogP contribution is -2.29. The van der Waals surface area contributed by atoms with Gasteiger partial charge in [0.15, 0.2) is 5.65 Å². The van der Waals surface area contributed by atoms with Gasteiger partial charge in [0.1, 0.15) is 5.82 Å². The molecule has 0 bridgehead atoms. The van der Waals surface area contributed by atoms with Gasteiger partial charge < -0.3 is 16.0 Å². The standard InChI is InChI=1S/C23H20BrCl3N6O/c24-16-13-30-33-21(12-20(32-22(16)33)15-5-1-2-6-17(15)25)28-9-3-4-10-29-23(34)31-14-7-8-18(26)19(27)11-14/h1-2,5-8,11-13,28H,3-4,9-10H2,(H2,29,31,34). The third-order valence-corrected chi connectivity index (χ3v) is 6.58. The number of hydrogen-bond donors (Lipinski definition) is 3. The van der Waals surface area contributed by atoms with Crippen LogP contribution < -0.4 is 16.0 Å². The second-order valence-electron chi connectivity index (χ2n) is 7.38. The number of anilines is 2. The number of benzene rings is 2. The number of carbonyl (C=O) groups is 1. The first-order valence-electron chi connectivity index (χ1n) is 10.5. The second kappa shape index (κ2) is 11.3. The van der Waals surface area contributed by atoms with Crippen LogP contribution in [0.1, 0.15) is 12.8 Å². The van der Waals surface area contributed by atoms with Gasteiger partial charge in [0, 0.05) is 35.4 Å². The quantitative estimate of drug-likeness (QED) is 0.193. The van der Waals surface area contributed by atoms with E-state index in [-0.39, 0.29) is 6.03 Å². The average molecular weight is 583 g/mol. The largest absolute Gasteiger partial charge is 0.370 e. The van der Waals surface area contributed by atoms with E-state index in [0.717, 1.165) is 34.4 Å². The Morgan fingerprint density at radius 2 is 1.76 bits per heavy atom. The molecule has 0 saturated carbocycles. The van der Waals surface area contributed by atoms with Crippen molar-refractivity contribution >= 4 is 73.9 Å². The van der Waals surface area contributed by atoms with Crippen LogP contribution in [0.25, 0.3) is 16.9 Å². The lowest BCUT2D eigenvalue weighted by Gasteiger charge is -2.12. The van der Waals surface area contributed by atoms with Crippen molar-refractivity contribution in [3.05, 3.63) is 74.3 Å².